The number of carbonyl (C=O) groups is 2. The van der Waals surface area contributed by atoms with Crippen LogP contribution < -0.4 is 0 Å². The number of amides is 2. The van der Waals surface area contributed by atoms with Gasteiger partial charge < -0.3 is 14.9 Å². The average Bonchev–Trinajstić information content (AvgIpc) is 2.93. The topological polar surface area (TPSA) is 64.1 Å². The standard InChI is InChI=1S/C23H31Cl2N3O3/c1-17-21(29)4-2-10-26(17)11-3-12-27-14-15-28(13-9-23(27)31)22(30)8-6-18-5-7-19(24)20(25)16-18/h5-8,16-17,21,29H,2-4,9-15H2,1H3/b8-6+/t17-,21-/m1/s1. The van der Waals surface area contributed by atoms with Crippen molar-refractivity contribution in [1.29, 1.82) is 0 Å². The van der Waals surface area contributed by atoms with E-state index in [1.165, 1.54) is 6.08 Å². The number of benzene rings is 1. The first-order valence-electron chi connectivity index (χ1n) is 11.0. The molecule has 31 heavy (non-hydrogen) atoms. The summed E-state index contributed by atoms with van der Waals surface area (Å²) in [7, 11) is 0. The third-order valence-electron chi connectivity index (χ3n) is 6.21. The van der Waals surface area contributed by atoms with Gasteiger partial charge in [-0.2, -0.15) is 0 Å². The first-order valence-corrected chi connectivity index (χ1v) is 11.7. The minimum atomic E-state index is -0.259. The highest BCUT2D eigenvalue weighted by atomic mass is 35.5. The number of rotatable bonds is 6. The Morgan fingerprint density at radius 3 is 2.74 bits per heavy atom. The van der Waals surface area contributed by atoms with Gasteiger partial charge in [-0.3, -0.25) is 14.5 Å². The molecule has 0 saturated carbocycles. The van der Waals surface area contributed by atoms with Crippen molar-refractivity contribution in [2.75, 3.05) is 39.3 Å². The van der Waals surface area contributed by atoms with Crippen LogP contribution in [0.2, 0.25) is 10.0 Å². The van der Waals surface area contributed by atoms with Gasteiger partial charge >= 0.3 is 0 Å². The number of aliphatic hydroxyl groups is 1. The Kier molecular flexibility index (Phi) is 8.78. The lowest BCUT2D eigenvalue weighted by Gasteiger charge is -2.37. The van der Waals surface area contributed by atoms with Crippen molar-refractivity contribution in [3.05, 3.63) is 39.9 Å². The molecule has 2 aliphatic heterocycles. The molecule has 2 saturated heterocycles. The fourth-order valence-electron chi connectivity index (χ4n) is 4.18. The lowest BCUT2D eigenvalue weighted by Crippen LogP contribution is -2.47. The number of hydrogen-bond donors (Lipinski definition) is 1. The van der Waals surface area contributed by atoms with Crippen LogP contribution in [0.15, 0.2) is 24.3 Å². The minimum absolute atomic E-state index is 0.0930. The molecule has 0 spiro atoms. The van der Waals surface area contributed by atoms with E-state index in [1.807, 2.05) is 4.90 Å². The van der Waals surface area contributed by atoms with Crippen LogP contribution in [0.1, 0.15) is 38.2 Å². The van der Waals surface area contributed by atoms with E-state index in [2.05, 4.69) is 11.8 Å². The number of nitrogens with zero attached hydrogens (tertiary/aromatic N) is 3. The monoisotopic (exact) mass is 467 g/mol. The maximum absolute atomic E-state index is 12.6. The minimum Gasteiger partial charge on any atom is -0.392 e. The molecule has 2 atom stereocenters. The van der Waals surface area contributed by atoms with Gasteiger partial charge in [0, 0.05) is 51.3 Å². The zero-order valence-electron chi connectivity index (χ0n) is 18.0. The molecule has 1 aromatic rings. The Morgan fingerprint density at radius 1 is 1.16 bits per heavy atom. The van der Waals surface area contributed by atoms with E-state index in [9.17, 15) is 14.7 Å². The van der Waals surface area contributed by atoms with Gasteiger partial charge in [0.05, 0.1) is 16.1 Å². The molecule has 1 N–H and O–H groups in total. The van der Waals surface area contributed by atoms with Crippen LogP contribution >= 0.6 is 23.2 Å². The summed E-state index contributed by atoms with van der Waals surface area (Å²) in [5.74, 6) is -0.0210. The normalized spacial score (nSPS) is 23.4. The Hall–Kier alpha value is -1.60. The quantitative estimate of drug-likeness (QED) is 0.651. The number of aliphatic hydroxyl groups excluding tert-OH is 1. The van der Waals surface area contributed by atoms with Crippen LogP contribution in [-0.4, -0.2) is 83.0 Å². The first-order chi connectivity index (χ1) is 14.8. The average molecular weight is 468 g/mol. The summed E-state index contributed by atoms with van der Waals surface area (Å²) in [6.45, 7) is 6.11. The summed E-state index contributed by atoms with van der Waals surface area (Å²) in [4.78, 5) is 31.0. The summed E-state index contributed by atoms with van der Waals surface area (Å²) < 4.78 is 0. The van der Waals surface area contributed by atoms with Crippen LogP contribution in [-0.2, 0) is 9.59 Å². The van der Waals surface area contributed by atoms with E-state index in [4.69, 9.17) is 23.2 Å². The van der Waals surface area contributed by atoms with Gasteiger partial charge in [-0.1, -0.05) is 29.3 Å². The smallest absolute Gasteiger partial charge is 0.246 e. The second-order valence-corrected chi connectivity index (χ2v) is 9.12. The van der Waals surface area contributed by atoms with E-state index in [0.29, 0.717) is 42.6 Å². The van der Waals surface area contributed by atoms with Gasteiger partial charge in [-0.05, 0) is 56.5 Å². The van der Waals surface area contributed by atoms with E-state index in [1.54, 1.807) is 29.2 Å². The molecule has 170 valence electrons. The molecular formula is C23H31Cl2N3O3. The van der Waals surface area contributed by atoms with Crippen molar-refractivity contribution in [3.63, 3.8) is 0 Å². The van der Waals surface area contributed by atoms with Crippen LogP contribution in [0.4, 0.5) is 0 Å². The molecule has 8 heteroatoms. The summed E-state index contributed by atoms with van der Waals surface area (Å²) >= 11 is 11.9. The second-order valence-electron chi connectivity index (χ2n) is 8.30. The third kappa shape index (κ3) is 6.69. The molecule has 0 unspecified atom stereocenters. The summed E-state index contributed by atoms with van der Waals surface area (Å²) in [6, 6.07) is 5.38. The van der Waals surface area contributed by atoms with Crippen LogP contribution in [0.5, 0.6) is 0 Å². The highest BCUT2D eigenvalue weighted by molar-refractivity contribution is 6.42. The third-order valence-corrected chi connectivity index (χ3v) is 6.95. The zero-order valence-corrected chi connectivity index (χ0v) is 19.5. The summed E-state index contributed by atoms with van der Waals surface area (Å²) in [5.41, 5.74) is 0.798. The Balaban J connectivity index is 1.47. The van der Waals surface area contributed by atoms with Gasteiger partial charge in [0.15, 0.2) is 0 Å². The van der Waals surface area contributed by atoms with E-state index < -0.39 is 0 Å². The van der Waals surface area contributed by atoms with Crippen molar-refractivity contribution in [2.24, 2.45) is 0 Å². The number of piperidine rings is 1. The van der Waals surface area contributed by atoms with Crippen molar-refractivity contribution >= 4 is 41.1 Å². The largest absolute Gasteiger partial charge is 0.392 e. The van der Waals surface area contributed by atoms with Gasteiger partial charge in [0.2, 0.25) is 11.8 Å². The van der Waals surface area contributed by atoms with E-state index in [-0.39, 0.29) is 24.0 Å². The van der Waals surface area contributed by atoms with Gasteiger partial charge in [-0.25, -0.2) is 0 Å². The molecule has 2 amide bonds. The van der Waals surface area contributed by atoms with Crippen LogP contribution in [0.3, 0.4) is 0 Å². The molecule has 1 aromatic carbocycles. The zero-order chi connectivity index (χ0) is 22.4. The van der Waals surface area contributed by atoms with Crippen molar-refractivity contribution in [2.45, 2.75) is 44.8 Å². The maximum Gasteiger partial charge on any atom is 0.246 e. The molecule has 0 radical (unpaired) electrons. The predicted octanol–water partition coefficient (Wildman–Crippen LogP) is 3.30. The maximum atomic E-state index is 12.6. The molecule has 0 aliphatic carbocycles. The van der Waals surface area contributed by atoms with E-state index >= 15 is 0 Å². The van der Waals surface area contributed by atoms with Gasteiger partial charge in [0.25, 0.3) is 0 Å². The van der Waals surface area contributed by atoms with Crippen molar-refractivity contribution in [1.82, 2.24) is 14.7 Å². The van der Waals surface area contributed by atoms with Crippen LogP contribution in [0, 0.1) is 0 Å². The van der Waals surface area contributed by atoms with Gasteiger partial charge in [-0.15, -0.1) is 0 Å². The Morgan fingerprint density at radius 2 is 1.97 bits per heavy atom. The number of likely N-dealkylation sites (tertiary alicyclic amines) is 1. The lowest BCUT2D eigenvalue weighted by molar-refractivity contribution is -0.130. The van der Waals surface area contributed by atoms with Crippen molar-refractivity contribution in [3.8, 4) is 0 Å². The molecule has 2 aliphatic rings. The lowest BCUT2D eigenvalue weighted by atomic mass is 10.0. The molecule has 6 nitrogen and oxygen atoms in total. The van der Waals surface area contributed by atoms with Crippen LogP contribution in [0.25, 0.3) is 6.08 Å². The Labute approximate surface area is 194 Å². The fourth-order valence-corrected chi connectivity index (χ4v) is 4.49. The highest BCUT2D eigenvalue weighted by Crippen LogP contribution is 2.23. The number of carbonyl (C=O) groups excluding carboxylic acids is 2. The number of halogens is 2. The number of hydrogen-bond acceptors (Lipinski definition) is 4. The molecular weight excluding hydrogens is 437 g/mol. The van der Waals surface area contributed by atoms with Crippen molar-refractivity contribution < 1.29 is 14.7 Å². The molecule has 3 rings (SSSR count). The highest BCUT2D eigenvalue weighted by Gasteiger charge is 2.26. The first kappa shape index (κ1) is 24.1. The summed E-state index contributed by atoms with van der Waals surface area (Å²) in [6.07, 6.45) is 6.06. The SMILES string of the molecule is C[C@@H]1[C@H](O)CCCN1CCCN1CCN(C(=O)/C=C/c2ccc(Cl)c(Cl)c2)CCC1=O. The molecule has 2 heterocycles. The predicted molar refractivity (Wildman–Crippen MR) is 124 cm³/mol. The van der Waals surface area contributed by atoms with Gasteiger partial charge in [0.1, 0.15) is 0 Å². The molecule has 2 fully saturated rings. The Bertz CT molecular complexity index is 817. The fraction of sp³-hybridized carbons (Fsp3) is 0.565. The summed E-state index contributed by atoms with van der Waals surface area (Å²) in [5, 5.41) is 11.0. The second kappa shape index (κ2) is 11.3. The molecule has 0 bridgehead atoms. The van der Waals surface area contributed by atoms with E-state index in [0.717, 1.165) is 37.9 Å². The molecule has 0 aromatic heterocycles.